The predicted octanol–water partition coefficient (Wildman–Crippen LogP) is 4.24. The highest BCUT2D eigenvalue weighted by Gasteiger charge is 2.15. The molecular weight excluding hydrogens is 358 g/mol. The van der Waals surface area contributed by atoms with Gasteiger partial charge in [-0.25, -0.2) is 4.63 Å². The summed E-state index contributed by atoms with van der Waals surface area (Å²) in [5, 5.41) is 10.3. The third kappa shape index (κ3) is 5.33. The van der Waals surface area contributed by atoms with Crippen LogP contribution in [0.3, 0.4) is 0 Å². The smallest absolute Gasteiger partial charge is 0.263 e. The number of anilines is 1. The average Bonchev–Trinajstić information content (AvgIpc) is 3.15. The van der Waals surface area contributed by atoms with Crippen LogP contribution in [-0.4, -0.2) is 29.4 Å². The van der Waals surface area contributed by atoms with Crippen LogP contribution in [0.5, 0.6) is 11.5 Å². The summed E-state index contributed by atoms with van der Waals surface area (Å²) in [7, 11) is 0. The molecule has 0 aliphatic heterocycles. The lowest BCUT2D eigenvalue weighted by Crippen LogP contribution is -2.20. The van der Waals surface area contributed by atoms with E-state index in [1.165, 1.54) is 0 Å². The zero-order chi connectivity index (χ0) is 19.8. The summed E-state index contributed by atoms with van der Waals surface area (Å²) in [5.41, 5.74) is 2.27. The van der Waals surface area contributed by atoms with E-state index in [1.807, 2.05) is 49.4 Å². The number of carbonyl (C=O) groups is 1. The number of ether oxygens (including phenoxy) is 2. The molecule has 0 atom stereocenters. The van der Waals surface area contributed by atoms with Gasteiger partial charge < -0.3 is 14.8 Å². The van der Waals surface area contributed by atoms with Gasteiger partial charge in [-0.1, -0.05) is 25.5 Å². The Morgan fingerprint density at radius 1 is 1.07 bits per heavy atom. The molecule has 0 aliphatic carbocycles. The van der Waals surface area contributed by atoms with Crippen molar-refractivity contribution in [1.82, 2.24) is 10.3 Å². The van der Waals surface area contributed by atoms with Gasteiger partial charge in [-0.3, -0.25) is 4.79 Å². The van der Waals surface area contributed by atoms with Crippen LogP contribution in [-0.2, 0) is 4.79 Å². The van der Waals surface area contributed by atoms with Crippen LogP contribution < -0.4 is 14.8 Å². The number of rotatable bonds is 9. The fourth-order valence-electron chi connectivity index (χ4n) is 2.53. The lowest BCUT2D eigenvalue weighted by atomic mass is 10.1. The second kappa shape index (κ2) is 9.55. The maximum absolute atomic E-state index is 12.2. The van der Waals surface area contributed by atoms with E-state index in [1.54, 1.807) is 6.07 Å². The molecule has 2 aromatic carbocycles. The molecule has 1 aromatic heterocycles. The van der Waals surface area contributed by atoms with E-state index in [4.69, 9.17) is 14.1 Å². The van der Waals surface area contributed by atoms with Crippen molar-refractivity contribution in [3.8, 4) is 22.8 Å². The number of aromatic nitrogens is 2. The van der Waals surface area contributed by atoms with E-state index in [2.05, 4.69) is 22.6 Å². The van der Waals surface area contributed by atoms with Crippen molar-refractivity contribution < 1.29 is 18.9 Å². The second-order valence-electron chi connectivity index (χ2n) is 6.34. The van der Waals surface area contributed by atoms with Gasteiger partial charge in [0.1, 0.15) is 11.5 Å². The van der Waals surface area contributed by atoms with Crippen molar-refractivity contribution in [2.75, 3.05) is 18.5 Å². The molecule has 1 amide bonds. The maximum atomic E-state index is 12.2. The van der Waals surface area contributed by atoms with Crippen LogP contribution in [0.4, 0.5) is 5.82 Å². The minimum absolute atomic E-state index is 0.139. The van der Waals surface area contributed by atoms with Crippen molar-refractivity contribution in [2.45, 2.75) is 26.7 Å². The molecule has 0 aliphatic rings. The van der Waals surface area contributed by atoms with Gasteiger partial charge in [-0.15, -0.1) is 0 Å². The first-order chi connectivity index (χ1) is 13.7. The molecule has 1 N–H and O–H groups in total. The number of hydrogen-bond donors (Lipinski definition) is 1. The molecule has 7 heteroatoms. The SMILES string of the molecule is CCCCOc1ccc(-c2nonc2NC(=O)COc2cccc(C)c2)cc1. The molecule has 0 radical (unpaired) electrons. The fourth-order valence-corrected chi connectivity index (χ4v) is 2.53. The molecule has 3 rings (SSSR count). The molecule has 0 bridgehead atoms. The molecule has 28 heavy (non-hydrogen) atoms. The fraction of sp³-hybridized carbons (Fsp3) is 0.286. The van der Waals surface area contributed by atoms with Gasteiger partial charge in [-0.05, 0) is 65.6 Å². The number of benzene rings is 2. The molecular formula is C21H23N3O4. The first kappa shape index (κ1) is 19.4. The number of nitrogens with zero attached hydrogens (tertiary/aromatic N) is 2. The predicted molar refractivity (Wildman–Crippen MR) is 105 cm³/mol. The monoisotopic (exact) mass is 381 g/mol. The molecule has 0 saturated carbocycles. The molecule has 0 saturated heterocycles. The Hall–Kier alpha value is -3.35. The quantitative estimate of drug-likeness (QED) is 0.558. The van der Waals surface area contributed by atoms with Crippen LogP contribution >= 0.6 is 0 Å². The standard InChI is InChI=1S/C21H23N3O4/c1-3-4-12-26-17-10-8-16(9-11-17)20-21(24-28-23-20)22-19(25)14-27-18-7-5-6-15(2)13-18/h5-11,13H,3-4,12,14H2,1-2H3,(H,22,24,25). The van der Waals surface area contributed by atoms with Crippen molar-refractivity contribution in [2.24, 2.45) is 0 Å². The summed E-state index contributed by atoms with van der Waals surface area (Å²) >= 11 is 0. The highest BCUT2D eigenvalue weighted by Crippen LogP contribution is 2.26. The molecule has 0 fully saturated rings. The van der Waals surface area contributed by atoms with Crippen molar-refractivity contribution in [1.29, 1.82) is 0 Å². The third-order valence-corrected chi connectivity index (χ3v) is 4.00. The third-order valence-electron chi connectivity index (χ3n) is 4.00. The molecule has 0 unspecified atom stereocenters. The van der Waals surface area contributed by atoms with Crippen molar-refractivity contribution in [3.63, 3.8) is 0 Å². The largest absolute Gasteiger partial charge is 0.494 e. The van der Waals surface area contributed by atoms with E-state index in [0.717, 1.165) is 29.7 Å². The minimum Gasteiger partial charge on any atom is -0.494 e. The van der Waals surface area contributed by atoms with Gasteiger partial charge in [0.25, 0.3) is 5.91 Å². The summed E-state index contributed by atoms with van der Waals surface area (Å²) in [5.74, 6) is 1.31. The van der Waals surface area contributed by atoms with Gasteiger partial charge in [0, 0.05) is 5.56 Å². The Morgan fingerprint density at radius 2 is 1.89 bits per heavy atom. The van der Waals surface area contributed by atoms with Gasteiger partial charge in [0.05, 0.1) is 6.61 Å². The number of nitrogens with one attached hydrogen (secondary N) is 1. The van der Waals surface area contributed by atoms with Crippen LogP contribution in [0, 0.1) is 6.92 Å². The number of hydrogen-bond acceptors (Lipinski definition) is 6. The normalized spacial score (nSPS) is 10.5. The molecule has 1 heterocycles. The van der Waals surface area contributed by atoms with Crippen LogP contribution in [0.15, 0.2) is 53.2 Å². The second-order valence-corrected chi connectivity index (χ2v) is 6.34. The Morgan fingerprint density at radius 3 is 2.64 bits per heavy atom. The first-order valence-corrected chi connectivity index (χ1v) is 9.21. The van der Waals surface area contributed by atoms with E-state index in [-0.39, 0.29) is 18.3 Å². The topological polar surface area (TPSA) is 86.5 Å². The maximum Gasteiger partial charge on any atom is 0.263 e. The summed E-state index contributed by atoms with van der Waals surface area (Å²) in [6.07, 6.45) is 2.09. The number of amides is 1. The first-order valence-electron chi connectivity index (χ1n) is 9.21. The molecule has 146 valence electrons. The lowest BCUT2D eigenvalue weighted by molar-refractivity contribution is -0.118. The van der Waals surface area contributed by atoms with Crippen LogP contribution in [0.25, 0.3) is 11.3 Å². The zero-order valence-electron chi connectivity index (χ0n) is 16.0. The zero-order valence-corrected chi connectivity index (χ0v) is 16.0. The molecule has 3 aromatic rings. The highest BCUT2D eigenvalue weighted by molar-refractivity contribution is 5.94. The van der Waals surface area contributed by atoms with Crippen LogP contribution in [0.1, 0.15) is 25.3 Å². The summed E-state index contributed by atoms with van der Waals surface area (Å²) in [4.78, 5) is 12.2. The Balaban J connectivity index is 1.59. The Bertz CT molecular complexity index is 906. The lowest BCUT2D eigenvalue weighted by Gasteiger charge is -2.07. The minimum atomic E-state index is -0.349. The van der Waals surface area contributed by atoms with Gasteiger partial charge >= 0.3 is 0 Å². The Kier molecular flexibility index (Phi) is 6.62. The van der Waals surface area contributed by atoms with Gasteiger partial charge in [0.15, 0.2) is 12.3 Å². The van der Waals surface area contributed by atoms with Gasteiger partial charge in [-0.2, -0.15) is 0 Å². The molecule has 7 nitrogen and oxygen atoms in total. The highest BCUT2D eigenvalue weighted by atomic mass is 16.6. The summed E-state index contributed by atoms with van der Waals surface area (Å²) in [6, 6.07) is 14.9. The number of aryl methyl sites for hydroxylation is 1. The van der Waals surface area contributed by atoms with Crippen molar-refractivity contribution >= 4 is 11.7 Å². The molecule has 0 spiro atoms. The van der Waals surface area contributed by atoms with E-state index >= 15 is 0 Å². The summed E-state index contributed by atoms with van der Waals surface area (Å²) in [6.45, 7) is 4.62. The Labute approximate surface area is 163 Å². The van der Waals surface area contributed by atoms with Gasteiger partial charge in [0.2, 0.25) is 5.82 Å². The number of carbonyl (C=O) groups excluding carboxylic acids is 1. The van der Waals surface area contributed by atoms with E-state index < -0.39 is 0 Å². The van der Waals surface area contributed by atoms with Crippen LogP contribution in [0.2, 0.25) is 0 Å². The van der Waals surface area contributed by atoms with E-state index in [0.29, 0.717) is 18.1 Å². The number of unbranched alkanes of at least 4 members (excludes halogenated alkanes) is 1. The van der Waals surface area contributed by atoms with E-state index in [9.17, 15) is 4.79 Å². The van der Waals surface area contributed by atoms with Crippen molar-refractivity contribution in [3.05, 3.63) is 54.1 Å². The average molecular weight is 381 g/mol. The summed E-state index contributed by atoms with van der Waals surface area (Å²) < 4.78 is 16.0.